The Morgan fingerprint density at radius 2 is 2.07 bits per heavy atom. The minimum Gasteiger partial charge on any atom is -0.357 e. The molecule has 1 atom stereocenters. The molecule has 1 unspecified atom stereocenters. The van der Waals surface area contributed by atoms with Gasteiger partial charge in [-0.25, -0.2) is 0 Å². The summed E-state index contributed by atoms with van der Waals surface area (Å²) in [6.45, 7) is 2.84. The van der Waals surface area contributed by atoms with Crippen molar-refractivity contribution in [2.24, 2.45) is 0 Å². The fourth-order valence-corrected chi connectivity index (χ4v) is 1.55. The summed E-state index contributed by atoms with van der Waals surface area (Å²) < 4.78 is 0. The molecular weight excluding hydrogens is 184 g/mol. The van der Waals surface area contributed by atoms with Crippen molar-refractivity contribution >= 4 is 5.69 Å². The third kappa shape index (κ3) is 2.76. The Morgan fingerprint density at radius 1 is 1.40 bits per heavy atom. The van der Waals surface area contributed by atoms with E-state index in [2.05, 4.69) is 16.9 Å². The molecular formula is C13H14N2. The molecule has 1 aromatic carbocycles. The highest BCUT2D eigenvalue weighted by Gasteiger charge is 2.13. The average Bonchev–Trinajstić information content (AvgIpc) is 2.30. The van der Waals surface area contributed by atoms with Crippen LogP contribution in [0, 0.1) is 23.7 Å². The normalized spacial score (nSPS) is 11.1. The van der Waals surface area contributed by atoms with Crippen molar-refractivity contribution in [3.05, 3.63) is 30.3 Å². The highest BCUT2D eigenvalue weighted by Crippen LogP contribution is 2.17. The van der Waals surface area contributed by atoms with Crippen molar-refractivity contribution < 1.29 is 0 Å². The second-order valence-electron chi connectivity index (χ2n) is 3.17. The Balaban J connectivity index is 2.89. The van der Waals surface area contributed by atoms with Crippen LogP contribution in [0.1, 0.15) is 13.3 Å². The largest absolute Gasteiger partial charge is 0.357 e. The van der Waals surface area contributed by atoms with Crippen LogP contribution in [0.15, 0.2) is 30.3 Å². The van der Waals surface area contributed by atoms with E-state index in [9.17, 15) is 0 Å². The fourth-order valence-electron chi connectivity index (χ4n) is 1.55. The van der Waals surface area contributed by atoms with Gasteiger partial charge in [0.05, 0.1) is 12.5 Å². The Bertz CT molecular complexity index is 370. The van der Waals surface area contributed by atoms with Gasteiger partial charge in [0, 0.05) is 12.2 Å². The molecule has 1 rings (SSSR count). The van der Waals surface area contributed by atoms with Gasteiger partial charge in [0.2, 0.25) is 0 Å². The number of nitriles is 1. The molecule has 1 aromatic rings. The van der Waals surface area contributed by atoms with E-state index < -0.39 is 0 Å². The maximum Gasteiger partial charge on any atom is 0.103 e. The summed E-state index contributed by atoms with van der Waals surface area (Å²) in [4.78, 5) is 2.06. The maximum atomic E-state index is 8.69. The molecule has 15 heavy (non-hydrogen) atoms. The van der Waals surface area contributed by atoms with E-state index in [4.69, 9.17) is 11.7 Å². The molecule has 76 valence electrons. The summed E-state index contributed by atoms with van der Waals surface area (Å²) in [7, 11) is 0. The van der Waals surface area contributed by atoms with E-state index in [1.807, 2.05) is 37.3 Å². The highest BCUT2D eigenvalue weighted by atomic mass is 15.1. The van der Waals surface area contributed by atoms with E-state index >= 15 is 0 Å². The van der Waals surface area contributed by atoms with Crippen LogP contribution >= 0.6 is 0 Å². The predicted octanol–water partition coefficient (Wildman–Crippen LogP) is 2.43. The Hall–Kier alpha value is -1.93. The van der Waals surface area contributed by atoms with E-state index in [-0.39, 0.29) is 6.04 Å². The molecule has 0 spiro atoms. The van der Waals surface area contributed by atoms with E-state index in [1.165, 1.54) is 0 Å². The molecule has 0 aliphatic heterocycles. The zero-order chi connectivity index (χ0) is 11.1. The lowest BCUT2D eigenvalue weighted by Gasteiger charge is -2.27. The van der Waals surface area contributed by atoms with Crippen molar-refractivity contribution in [3.63, 3.8) is 0 Å². The predicted molar refractivity (Wildman–Crippen MR) is 62.3 cm³/mol. The lowest BCUT2D eigenvalue weighted by atomic mass is 10.1. The minimum absolute atomic E-state index is 0.137. The number of anilines is 1. The van der Waals surface area contributed by atoms with Crippen LogP contribution in [0.25, 0.3) is 0 Å². The number of rotatable bonds is 4. The molecule has 0 aliphatic carbocycles. The first-order chi connectivity index (χ1) is 7.33. The van der Waals surface area contributed by atoms with E-state index in [0.717, 1.165) is 12.2 Å². The summed E-state index contributed by atoms with van der Waals surface area (Å²) in [5.41, 5.74) is 1.07. The first-order valence-corrected chi connectivity index (χ1v) is 4.98. The average molecular weight is 198 g/mol. The van der Waals surface area contributed by atoms with Crippen molar-refractivity contribution in [2.75, 3.05) is 11.4 Å². The van der Waals surface area contributed by atoms with E-state index in [1.54, 1.807) is 0 Å². The van der Waals surface area contributed by atoms with Crippen molar-refractivity contribution in [1.29, 1.82) is 5.26 Å². The van der Waals surface area contributed by atoms with Crippen LogP contribution in [0.3, 0.4) is 0 Å². The van der Waals surface area contributed by atoms with Crippen LogP contribution in [-0.4, -0.2) is 12.6 Å². The molecule has 0 heterocycles. The van der Waals surface area contributed by atoms with Crippen molar-refractivity contribution in [2.45, 2.75) is 19.4 Å². The van der Waals surface area contributed by atoms with Gasteiger partial charge in [0.25, 0.3) is 0 Å². The fraction of sp³-hybridized carbons (Fsp3) is 0.308. The summed E-state index contributed by atoms with van der Waals surface area (Å²) >= 11 is 0. The lowest BCUT2D eigenvalue weighted by Crippen LogP contribution is -2.33. The Labute approximate surface area is 91.1 Å². The number of nitrogens with zero attached hydrogens (tertiary/aromatic N) is 2. The lowest BCUT2D eigenvalue weighted by molar-refractivity contribution is 0.734. The summed E-state index contributed by atoms with van der Waals surface area (Å²) in [6.07, 6.45) is 5.79. The Kier molecular flexibility index (Phi) is 4.26. The van der Waals surface area contributed by atoms with Gasteiger partial charge in [-0.2, -0.15) is 5.26 Å². The zero-order valence-electron chi connectivity index (χ0n) is 8.85. The van der Waals surface area contributed by atoms with Gasteiger partial charge in [-0.1, -0.05) is 24.1 Å². The Morgan fingerprint density at radius 3 is 2.53 bits per heavy atom. The first-order valence-electron chi connectivity index (χ1n) is 4.98. The van der Waals surface area contributed by atoms with Crippen molar-refractivity contribution in [1.82, 2.24) is 0 Å². The summed E-state index contributed by atoms with van der Waals surface area (Å²) in [5, 5.41) is 8.69. The molecule has 0 aliphatic rings. The molecule has 0 saturated heterocycles. The maximum absolute atomic E-state index is 8.69. The smallest absolute Gasteiger partial charge is 0.103 e. The molecule has 0 saturated carbocycles. The van der Waals surface area contributed by atoms with Gasteiger partial charge in [-0.15, -0.1) is 6.42 Å². The molecule has 0 aromatic heterocycles. The first kappa shape index (κ1) is 11.1. The number of benzene rings is 1. The topological polar surface area (TPSA) is 27.0 Å². The van der Waals surface area contributed by atoms with Gasteiger partial charge in [-0.05, 0) is 19.1 Å². The highest BCUT2D eigenvalue weighted by molar-refractivity contribution is 5.48. The van der Waals surface area contributed by atoms with Crippen LogP contribution in [0.4, 0.5) is 5.69 Å². The van der Waals surface area contributed by atoms with Crippen LogP contribution < -0.4 is 4.90 Å². The third-order valence-corrected chi connectivity index (χ3v) is 2.28. The van der Waals surface area contributed by atoms with Gasteiger partial charge < -0.3 is 4.90 Å². The number of hydrogen-bond donors (Lipinski definition) is 0. The van der Waals surface area contributed by atoms with Crippen LogP contribution in [-0.2, 0) is 0 Å². The van der Waals surface area contributed by atoms with Crippen LogP contribution in [0.5, 0.6) is 0 Å². The number of para-hydroxylation sites is 1. The summed E-state index contributed by atoms with van der Waals surface area (Å²) in [5.74, 6) is 2.66. The molecule has 0 fully saturated rings. The van der Waals surface area contributed by atoms with Gasteiger partial charge in [0.15, 0.2) is 0 Å². The molecule has 0 N–H and O–H groups in total. The molecule has 2 nitrogen and oxygen atoms in total. The number of terminal acetylenes is 1. The number of hydrogen-bond acceptors (Lipinski definition) is 2. The quantitative estimate of drug-likeness (QED) is 0.695. The second kappa shape index (κ2) is 5.73. The zero-order valence-corrected chi connectivity index (χ0v) is 8.85. The van der Waals surface area contributed by atoms with Gasteiger partial charge in [-0.3, -0.25) is 0 Å². The van der Waals surface area contributed by atoms with Gasteiger partial charge in [0.1, 0.15) is 6.04 Å². The second-order valence-corrected chi connectivity index (χ2v) is 3.17. The summed E-state index contributed by atoms with van der Waals surface area (Å²) in [6, 6.07) is 11.9. The third-order valence-electron chi connectivity index (χ3n) is 2.28. The van der Waals surface area contributed by atoms with Crippen LogP contribution in [0.2, 0.25) is 0 Å². The van der Waals surface area contributed by atoms with Crippen molar-refractivity contribution in [3.8, 4) is 18.4 Å². The minimum atomic E-state index is -0.137. The molecule has 0 radical (unpaired) electrons. The molecule has 0 bridgehead atoms. The van der Waals surface area contributed by atoms with Gasteiger partial charge >= 0.3 is 0 Å². The van der Waals surface area contributed by atoms with E-state index in [0.29, 0.717) is 6.42 Å². The molecule has 0 amide bonds. The SMILES string of the molecule is C#CC(CC#N)N(CC)c1ccccc1. The molecule has 2 heteroatoms. The monoisotopic (exact) mass is 198 g/mol. The standard InChI is InChI=1S/C13H14N2/c1-3-12(10-11-14)15(4-2)13-8-6-5-7-9-13/h1,5-9,12H,4,10H2,2H3.